The molecule has 2 unspecified atom stereocenters. The third-order valence-corrected chi connectivity index (χ3v) is 4.98. The SMILES string of the molecule is O=C(NC1CCN(c2ccccn2)C1)c1ccn(C2CCCNC2)n1. The highest BCUT2D eigenvalue weighted by Crippen LogP contribution is 2.18. The fourth-order valence-electron chi connectivity index (χ4n) is 3.61. The van der Waals surface area contributed by atoms with Gasteiger partial charge in [-0.1, -0.05) is 6.07 Å². The molecule has 2 atom stereocenters. The topological polar surface area (TPSA) is 75.1 Å². The molecule has 2 N–H and O–H groups in total. The number of carbonyl (C=O) groups excluding carboxylic acids is 1. The summed E-state index contributed by atoms with van der Waals surface area (Å²) in [4.78, 5) is 19.1. The molecular weight excluding hydrogens is 316 g/mol. The van der Waals surface area contributed by atoms with Crippen molar-refractivity contribution in [2.24, 2.45) is 0 Å². The minimum Gasteiger partial charge on any atom is -0.354 e. The summed E-state index contributed by atoms with van der Waals surface area (Å²) >= 11 is 0. The number of piperidine rings is 1. The molecule has 7 nitrogen and oxygen atoms in total. The Morgan fingerprint density at radius 2 is 2.24 bits per heavy atom. The molecule has 0 aromatic carbocycles. The van der Waals surface area contributed by atoms with Crippen LogP contribution in [0.15, 0.2) is 36.7 Å². The lowest BCUT2D eigenvalue weighted by atomic mass is 10.1. The van der Waals surface area contributed by atoms with Gasteiger partial charge in [-0.05, 0) is 44.0 Å². The molecule has 132 valence electrons. The molecule has 2 fully saturated rings. The van der Waals surface area contributed by atoms with Crippen molar-refractivity contribution >= 4 is 11.7 Å². The van der Waals surface area contributed by atoms with E-state index in [2.05, 4.69) is 25.6 Å². The van der Waals surface area contributed by atoms with Crippen molar-refractivity contribution in [3.63, 3.8) is 0 Å². The summed E-state index contributed by atoms with van der Waals surface area (Å²) < 4.78 is 1.93. The molecule has 4 heterocycles. The highest BCUT2D eigenvalue weighted by atomic mass is 16.2. The predicted molar refractivity (Wildman–Crippen MR) is 95.7 cm³/mol. The van der Waals surface area contributed by atoms with Crippen LogP contribution in [0.3, 0.4) is 0 Å². The zero-order chi connectivity index (χ0) is 17.1. The molecule has 0 radical (unpaired) electrons. The van der Waals surface area contributed by atoms with Crippen molar-refractivity contribution in [2.75, 3.05) is 31.1 Å². The molecule has 2 aromatic rings. The number of rotatable bonds is 4. The maximum Gasteiger partial charge on any atom is 0.272 e. The van der Waals surface area contributed by atoms with Gasteiger partial charge in [0.2, 0.25) is 0 Å². The summed E-state index contributed by atoms with van der Waals surface area (Å²) in [5, 5.41) is 11.0. The largest absolute Gasteiger partial charge is 0.354 e. The van der Waals surface area contributed by atoms with E-state index >= 15 is 0 Å². The maximum absolute atomic E-state index is 12.5. The Kier molecular flexibility index (Phi) is 4.65. The first kappa shape index (κ1) is 16.1. The lowest BCUT2D eigenvalue weighted by molar-refractivity contribution is 0.0934. The Balaban J connectivity index is 1.34. The number of hydrogen-bond donors (Lipinski definition) is 2. The van der Waals surface area contributed by atoms with Crippen LogP contribution in [0.25, 0.3) is 0 Å². The van der Waals surface area contributed by atoms with Gasteiger partial charge in [-0.15, -0.1) is 0 Å². The van der Waals surface area contributed by atoms with Crippen LogP contribution < -0.4 is 15.5 Å². The molecule has 2 aromatic heterocycles. The van der Waals surface area contributed by atoms with Crippen LogP contribution in [0.1, 0.15) is 35.8 Å². The van der Waals surface area contributed by atoms with Crippen LogP contribution in [0.4, 0.5) is 5.82 Å². The molecule has 4 rings (SSSR count). The van der Waals surface area contributed by atoms with Crippen LogP contribution in [-0.4, -0.2) is 52.9 Å². The number of nitrogens with one attached hydrogen (secondary N) is 2. The normalized spacial score (nSPS) is 23.6. The number of amides is 1. The van der Waals surface area contributed by atoms with Gasteiger partial charge >= 0.3 is 0 Å². The smallest absolute Gasteiger partial charge is 0.272 e. The highest BCUT2D eigenvalue weighted by Gasteiger charge is 2.26. The van der Waals surface area contributed by atoms with Crippen LogP contribution in [0, 0.1) is 0 Å². The molecular formula is C18H24N6O. The molecule has 0 spiro atoms. The van der Waals surface area contributed by atoms with Crippen molar-refractivity contribution < 1.29 is 4.79 Å². The van der Waals surface area contributed by atoms with Gasteiger partial charge in [0, 0.05) is 38.1 Å². The zero-order valence-electron chi connectivity index (χ0n) is 14.3. The molecule has 1 amide bonds. The van der Waals surface area contributed by atoms with Gasteiger partial charge in [0.15, 0.2) is 0 Å². The predicted octanol–water partition coefficient (Wildman–Crippen LogP) is 1.21. The molecule has 2 aliphatic heterocycles. The number of nitrogens with zero attached hydrogens (tertiary/aromatic N) is 4. The van der Waals surface area contributed by atoms with Gasteiger partial charge in [-0.2, -0.15) is 5.10 Å². The van der Waals surface area contributed by atoms with Crippen molar-refractivity contribution in [1.82, 2.24) is 25.4 Å². The van der Waals surface area contributed by atoms with Crippen LogP contribution in [-0.2, 0) is 0 Å². The van der Waals surface area contributed by atoms with E-state index < -0.39 is 0 Å². The van der Waals surface area contributed by atoms with Crippen LogP contribution >= 0.6 is 0 Å². The van der Waals surface area contributed by atoms with E-state index in [1.165, 1.54) is 0 Å². The first-order valence-electron chi connectivity index (χ1n) is 9.02. The summed E-state index contributed by atoms with van der Waals surface area (Å²) in [6.45, 7) is 3.68. The van der Waals surface area contributed by atoms with E-state index in [4.69, 9.17) is 0 Å². The number of hydrogen-bond acceptors (Lipinski definition) is 5. The molecule has 2 aliphatic rings. The number of pyridine rings is 1. The third kappa shape index (κ3) is 3.66. The van der Waals surface area contributed by atoms with Crippen molar-refractivity contribution in [1.29, 1.82) is 0 Å². The van der Waals surface area contributed by atoms with Gasteiger partial charge in [-0.3, -0.25) is 9.48 Å². The zero-order valence-corrected chi connectivity index (χ0v) is 14.3. The Morgan fingerprint density at radius 1 is 1.28 bits per heavy atom. The molecule has 2 saturated heterocycles. The van der Waals surface area contributed by atoms with Crippen molar-refractivity contribution in [2.45, 2.75) is 31.3 Å². The second kappa shape index (κ2) is 7.23. The molecule has 7 heteroatoms. The molecule has 0 aliphatic carbocycles. The van der Waals surface area contributed by atoms with E-state index in [1.54, 1.807) is 6.20 Å². The van der Waals surface area contributed by atoms with Gasteiger partial charge in [-0.25, -0.2) is 4.98 Å². The first-order chi connectivity index (χ1) is 12.3. The monoisotopic (exact) mass is 340 g/mol. The summed E-state index contributed by atoms with van der Waals surface area (Å²) in [7, 11) is 0. The maximum atomic E-state index is 12.5. The summed E-state index contributed by atoms with van der Waals surface area (Å²) in [6, 6.07) is 8.20. The van der Waals surface area contributed by atoms with Crippen molar-refractivity contribution in [3.8, 4) is 0 Å². The lowest BCUT2D eigenvalue weighted by Gasteiger charge is -2.22. The number of anilines is 1. The second-order valence-electron chi connectivity index (χ2n) is 6.77. The van der Waals surface area contributed by atoms with E-state index in [1.807, 2.05) is 35.1 Å². The van der Waals surface area contributed by atoms with Gasteiger partial charge < -0.3 is 15.5 Å². The van der Waals surface area contributed by atoms with Gasteiger partial charge in [0.1, 0.15) is 11.5 Å². The van der Waals surface area contributed by atoms with E-state index in [9.17, 15) is 4.79 Å². The Hall–Kier alpha value is -2.41. The molecule has 0 bridgehead atoms. The molecule has 25 heavy (non-hydrogen) atoms. The quantitative estimate of drug-likeness (QED) is 0.875. The highest BCUT2D eigenvalue weighted by molar-refractivity contribution is 5.92. The fraction of sp³-hybridized carbons (Fsp3) is 0.500. The minimum absolute atomic E-state index is 0.0876. The average Bonchev–Trinajstić information content (AvgIpc) is 3.33. The first-order valence-corrected chi connectivity index (χ1v) is 9.02. The van der Waals surface area contributed by atoms with Gasteiger partial charge in [0.05, 0.1) is 6.04 Å². The summed E-state index contributed by atoms with van der Waals surface area (Å²) in [5.74, 6) is 0.878. The van der Waals surface area contributed by atoms with Crippen LogP contribution in [0.2, 0.25) is 0 Å². The Bertz CT molecular complexity index is 709. The Morgan fingerprint density at radius 3 is 3.04 bits per heavy atom. The van der Waals surface area contributed by atoms with Crippen molar-refractivity contribution in [3.05, 3.63) is 42.4 Å². The number of aromatic nitrogens is 3. The molecule has 0 saturated carbocycles. The van der Waals surface area contributed by atoms with E-state index in [0.717, 1.165) is 51.3 Å². The van der Waals surface area contributed by atoms with Crippen LogP contribution in [0.5, 0.6) is 0 Å². The average molecular weight is 340 g/mol. The minimum atomic E-state index is -0.0876. The van der Waals surface area contributed by atoms with E-state index in [0.29, 0.717) is 11.7 Å². The summed E-state index contributed by atoms with van der Waals surface area (Å²) in [5.41, 5.74) is 0.502. The standard InChI is InChI=1S/C18H24N6O/c25-18(16-7-11-24(22-16)15-4-3-8-19-12-15)21-14-6-10-23(13-14)17-5-1-2-9-20-17/h1-2,5,7,9,11,14-15,19H,3-4,6,8,10,12-13H2,(H,21,25). The summed E-state index contributed by atoms with van der Waals surface area (Å²) in [6.07, 6.45) is 6.90. The van der Waals surface area contributed by atoms with E-state index in [-0.39, 0.29) is 11.9 Å². The second-order valence-corrected chi connectivity index (χ2v) is 6.77. The number of carbonyl (C=O) groups is 1. The fourth-order valence-corrected chi connectivity index (χ4v) is 3.61. The van der Waals surface area contributed by atoms with Gasteiger partial charge in [0.25, 0.3) is 5.91 Å². The lowest BCUT2D eigenvalue weighted by Crippen LogP contribution is -2.37. The third-order valence-electron chi connectivity index (χ3n) is 4.98. The Labute approximate surface area is 147 Å².